The number of nitrogens with two attached hydrogens (primary N) is 1. The quantitative estimate of drug-likeness (QED) is 0.367. The number of nitrogens with one attached hydrogen (secondary N) is 1. The van der Waals surface area contributed by atoms with Crippen LogP contribution in [0.5, 0.6) is 0 Å². The van der Waals surface area contributed by atoms with Gasteiger partial charge in [0.2, 0.25) is 5.16 Å². The number of benzene rings is 1. The zero-order valence-electron chi connectivity index (χ0n) is 10.7. The third kappa shape index (κ3) is 2.81. The number of hydrazine groups is 1. The smallest absolute Gasteiger partial charge is 0.265 e. The van der Waals surface area contributed by atoms with Gasteiger partial charge in [0.25, 0.3) is 5.91 Å². The predicted octanol–water partition coefficient (Wildman–Crippen LogP) is 0.904. The minimum absolute atomic E-state index is 0.292. The number of hydrogen-bond donors (Lipinski definition) is 2. The summed E-state index contributed by atoms with van der Waals surface area (Å²) in [6.45, 7) is 0. The second kappa shape index (κ2) is 5.59. The summed E-state index contributed by atoms with van der Waals surface area (Å²) in [5, 5.41) is 12.6. The van der Waals surface area contributed by atoms with Crippen LogP contribution >= 0.6 is 11.8 Å². The Labute approximate surface area is 119 Å². The lowest BCUT2D eigenvalue weighted by Gasteiger charge is -2.04. The summed E-state index contributed by atoms with van der Waals surface area (Å²) in [6, 6.07) is 7.81. The van der Waals surface area contributed by atoms with E-state index in [4.69, 9.17) is 5.84 Å². The van der Waals surface area contributed by atoms with Gasteiger partial charge in [-0.05, 0) is 41.0 Å². The Morgan fingerprint density at radius 2 is 2.35 bits per heavy atom. The van der Waals surface area contributed by atoms with E-state index >= 15 is 0 Å². The van der Waals surface area contributed by atoms with E-state index in [1.54, 1.807) is 17.8 Å². The lowest BCUT2D eigenvalue weighted by molar-refractivity contribution is 0.0953. The molecule has 1 aromatic heterocycles. The van der Waals surface area contributed by atoms with Gasteiger partial charge in [-0.1, -0.05) is 23.9 Å². The zero-order chi connectivity index (χ0) is 13.9. The lowest BCUT2D eigenvalue weighted by Crippen LogP contribution is -2.29. The normalized spacial score (nSPS) is 14.2. The van der Waals surface area contributed by atoms with E-state index in [1.165, 1.54) is 0 Å². The third-order valence-electron chi connectivity index (χ3n) is 3.04. The maximum absolute atomic E-state index is 11.5. The predicted molar refractivity (Wildman–Crippen MR) is 73.7 cm³/mol. The Morgan fingerprint density at radius 3 is 3.10 bits per heavy atom. The highest BCUT2D eigenvalue weighted by Gasteiger charge is 2.27. The molecular formula is C12H14N6OS. The first-order valence-corrected chi connectivity index (χ1v) is 7.27. The summed E-state index contributed by atoms with van der Waals surface area (Å²) in [4.78, 5) is 11.5. The molecule has 0 radical (unpaired) electrons. The Kier molecular flexibility index (Phi) is 3.66. The standard InChI is InChI=1S/C12H14N6OS/c13-14-11(19)9-3-1-2-8(6-9)7-20-12-15-16-17-18(12)10-4-5-10/h1-3,6,10H,4-5,7,13H2,(H,14,19). The number of carbonyl (C=O) groups is 1. The van der Waals surface area contributed by atoms with Gasteiger partial charge in [0, 0.05) is 11.3 Å². The van der Waals surface area contributed by atoms with Crippen molar-refractivity contribution < 1.29 is 4.79 Å². The summed E-state index contributed by atoms with van der Waals surface area (Å²) in [5.41, 5.74) is 3.71. The SMILES string of the molecule is NNC(=O)c1cccc(CSc2nnnn2C2CC2)c1. The molecule has 20 heavy (non-hydrogen) atoms. The van der Waals surface area contributed by atoms with Gasteiger partial charge in [-0.25, -0.2) is 10.5 Å². The van der Waals surface area contributed by atoms with E-state index in [9.17, 15) is 4.79 Å². The monoisotopic (exact) mass is 290 g/mol. The molecule has 1 aliphatic rings. The fraction of sp³-hybridized carbons (Fsp3) is 0.333. The molecule has 1 aromatic carbocycles. The maximum atomic E-state index is 11.5. The molecule has 3 N–H and O–H groups in total. The van der Waals surface area contributed by atoms with Gasteiger partial charge in [0.15, 0.2) is 0 Å². The minimum atomic E-state index is -0.292. The number of nitrogen functional groups attached to an aromatic ring is 1. The number of tetrazole rings is 1. The molecule has 1 fully saturated rings. The minimum Gasteiger partial charge on any atom is -0.290 e. The number of amides is 1. The third-order valence-corrected chi connectivity index (χ3v) is 4.05. The van der Waals surface area contributed by atoms with Crippen LogP contribution in [-0.4, -0.2) is 26.1 Å². The Balaban J connectivity index is 1.68. The number of thioether (sulfide) groups is 1. The van der Waals surface area contributed by atoms with Crippen molar-refractivity contribution in [1.82, 2.24) is 25.6 Å². The van der Waals surface area contributed by atoms with Gasteiger partial charge >= 0.3 is 0 Å². The Morgan fingerprint density at radius 1 is 1.50 bits per heavy atom. The van der Waals surface area contributed by atoms with E-state index in [0.29, 0.717) is 17.4 Å². The van der Waals surface area contributed by atoms with Crippen molar-refractivity contribution in [3.05, 3.63) is 35.4 Å². The molecule has 2 aromatic rings. The van der Waals surface area contributed by atoms with Crippen LogP contribution in [0.4, 0.5) is 0 Å². The van der Waals surface area contributed by atoms with Crippen LogP contribution in [-0.2, 0) is 5.75 Å². The van der Waals surface area contributed by atoms with Crippen molar-refractivity contribution in [2.24, 2.45) is 5.84 Å². The van der Waals surface area contributed by atoms with Crippen molar-refractivity contribution >= 4 is 17.7 Å². The maximum Gasteiger partial charge on any atom is 0.265 e. The van der Waals surface area contributed by atoms with Crippen molar-refractivity contribution in [2.75, 3.05) is 0 Å². The average Bonchev–Trinajstić information content (AvgIpc) is 3.23. The van der Waals surface area contributed by atoms with Crippen LogP contribution in [0.15, 0.2) is 29.4 Å². The highest BCUT2D eigenvalue weighted by atomic mass is 32.2. The molecule has 0 bridgehead atoms. The van der Waals surface area contributed by atoms with Crippen LogP contribution in [0.1, 0.15) is 34.8 Å². The van der Waals surface area contributed by atoms with E-state index in [2.05, 4.69) is 21.0 Å². The van der Waals surface area contributed by atoms with Crippen molar-refractivity contribution in [3.63, 3.8) is 0 Å². The van der Waals surface area contributed by atoms with E-state index < -0.39 is 0 Å². The zero-order valence-corrected chi connectivity index (χ0v) is 11.5. The van der Waals surface area contributed by atoms with Crippen molar-refractivity contribution in [3.8, 4) is 0 Å². The number of rotatable bonds is 5. The van der Waals surface area contributed by atoms with Gasteiger partial charge in [0.1, 0.15) is 0 Å². The highest BCUT2D eigenvalue weighted by molar-refractivity contribution is 7.98. The van der Waals surface area contributed by atoms with E-state index in [1.807, 2.05) is 22.9 Å². The average molecular weight is 290 g/mol. The molecule has 0 spiro atoms. The molecule has 1 saturated carbocycles. The molecule has 7 nitrogen and oxygen atoms in total. The Hall–Kier alpha value is -1.93. The van der Waals surface area contributed by atoms with Crippen LogP contribution in [0.2, 0.25) is 0 Å². The summed E-state index contributed by atoms with van der Waals surface area (Å²) >= 11 is 1.57. The molecule has 0 aliphatic heterocycles. The molecular weight excluding hydrogens is 276 g/mol. The van der Waals surface area contributed by atoms with Gasteiger partial charge in [0.05, 0.1) is 6.04 Å². The molecule has 0 atom stereocenters. The van der Waals surface area contributed by atoms with Gasteiger partial charge in [-0.15, -0.1) is 5.10 Å². The number of nitrogens with zero attached hydrogens (tertiary/aromatic N) is 4. The topological polar surface area (TPSA) is 98.7 Å². The van der Waals surface area contributed by atoms with Crippen LogP contribution < -0.4 is 11.3 Å². The van der Waals surface area contributed by atoms with Gasteiger partial charge < -0.3 is 0 Å². The number of hydrogen-bond acceptors (Lipinski definition) is 6. The van der Waals surface area contributed by atoms with E-state index in [-0.39, 0.29) is 5.91 Å². The fourth-order valence-corrected chi connectivity index (χ4v) is 2.75. The van der Waals surface area contributed by atoms with Crippen LogP contribution in [0.3, 0.4) is 0 Å². The van der Waals surface area contributed by atoms with Crippen LogP contribution in [0, 0.1) is 0 Å². The van der Waals surface area contributed by atoms with Gasteiger partial charge in [-0.2, -0.15) is 0 Å². The number of aromatic nitrogens is 4. The Bertz CT molecular complexity index is 624. The summed E-state index contributed by atoms with van der Waals surface area (Å²) in [5.74, 6) is 5.55. The first-order chi connectivity index (χ1) is 9.78. The second-order valence-corrected chi connectivity index (χ2v) is 5.54. The lowest BCUT2D eigenvalue weighted by atomic mass is 10.1. The van der Waals surface area contributed by atoms with Crippen molar-refractivity contribution in [1.29, 1.82) is 0 Å². The molecule has 1 aliphatic carbocycles. The van der Waals surface area contributed by atoms with Crippen molar-refractivity contribution in [2.45, 2.75) is 29.8 Å². The molecule has 104 valence electrons. The molecule has 1 amide bonds. The number of carbonyl (C=O) groups excluding carboxylic acids is 1. The second-order valence-electron chi connectivity index (χ2n) is 4.60. The summed E-state index contributed by atoms with van der Waals surface area (Å²) in [7, 11) is 0. The summed E-state index contributed by atoms with van der Waals surface area (Å²) in [6.07, 6.45) is 2.29. The van der Waals surface area contributed by atoms with Gasteiger partial charge in [-0.3, -0.25) is 10.2 Å². The fourth-order valence-electron chi connectivity index (χ4n) is 1.86. The van der Waals surface area contributed by atoms with Crippen LogP contribution in [0.25, 0.3) is 0 Å². The first-order valence-electron chi connectivity index (χ1n) is 6.28. The molecule has 0 saturated heterocycles. The largest absolute Gasteiger partial charge is 0.290 e. The highest BCUT2D eigenvalue weighted by Crippen LogP contribution is 2.36. The van der Waals surface area contributed by atoms with E-state index in [0.717, 1.165) is 23.6 Å². The first kappa shape index (κ1) is 13.1. The molecule has 0 unspecified atom stereocenters. The molecule has 8 heteroatoms. The summed E-state index contributed by atoms with van der Waals surface area (Å²) < 4.78 is 1.88. The molecule has 1 heterocycles. The molecule has 3 rings (SSSR count).